The molecule has 0 saturated heterocycles. The number of hydrogen-bond donors (Lipinski definition) is 0. The first-order chi connectivity index (χ1) is 12.9. The van der Waals surface area contributed by atoms with E-state index in [0.29, 0.717) is 11.1 Å². The number of benzene rings is 3. The van der Waals surface area contributed by atoms with E-state index in [1.54, 1.807) is 42.5 Å². The van der Waals surface area contributed by atoms with E-state index in [9.17, 15) is 14.9 Å². The van der Waals surface area contributed by atoms with Gasteiger partial charge in [-0.25, -0.2) is 4.79 Å². The van der Waals surface area contributed by atoms with E-state index >= 15 is 0 Å². The smallest absolute Gasteiger partial charge is 0.343 e. The molecular weight excluding hydrogens is 342 g/mol. The van der Waals surface area contributed by atoms with Crippen LogP contribution in [0, 0.1) is 10.1 Å². The Kier molecular flexibility index (Phi) is 5.03. The van der Waals surface area contributed by atoms with Gasteiger partial charge in [0, 0.05) is 17.0 Å². The second-order valence-corrected chi connectivity index (χ2v) is 6.66. The minimum Gasteiger partial charge on any atom is -0.415 e. The maximum atomic E-state index is 12.6. The summed E-state index contributed by atoms with van der Waals surface area (Å²) in [6, 6.07) is 22.8. The van der Waals surface area contributed by atoms with Crippen molar-refractivity contribution in [1.82, 2.24) is 0 Å². The molecule has 0 heterocycles. The summed E-state index contributed by atoms with van der Waals surface area (Å²) >= 11 is 0. The summed E-state index contributed by atoms with van der Waals surface area (Å²) in [4.78, 5) is 23.6. The van der Waals surface area contributed by atoms with Crippen molar-refractivity contribution in [3.8, 4) is 5.75 Å². The molecule has 0 aliphatic carbocycles. The van der Waals surface area contributed by atoms with E-state index in [2.05, 4.69) is 0 Å². The molecule has 0 bridgehead atoms. The number of para-hydroxylation sites is 1. The monoisotopic (exact) mass is 361 g/mol. The Labute approximate surface area is 157 Å². The van der Waals surface area contributed by atoms with Crippen molar-refractivity contribution in [3.63, 3.8) is 0 Å². The normalized spacial score (nSPS) is 11.0. The molecule has 0 aliphatic heterocycles. The Bertz CT molecular complexity index is 966. The van der Waals surface area contributed by atoms with Gasteiger partial charge in [-0.1, -0.05) is 74.5 Å². The molecule has 0 unspecified atom stereocenters. The molecule has 0 N–H and O–H groups in total. The van der Waals surface area contributed by atoms with Gasteiger partial charge in [0.2, 0.25) is 5.75 Å². The highest BCUT2D eigenvalue weighted by Gasteiger charge is 2.32. The highest BCUT2D eigenvalue weighted by atomic mass is 16.6. The summed E-state index contributed by atoms with van der Waals surface area (Å²) in [5.41, 5.74) is 1.04. The third-order valence-electron chi connectivity index (χ3n) is 4.56. The van der Waals surface area contributed by atoms with Gasteiger partial charge in [0.15, 0.2) is 0 Å². The van der Waals surface area contributed by atoms with Crippen molar-refractivity contribution < 1.29 is 14.5 Å². The van der Waals surface area contributed by atoms with Crippen LogP contribution in [0.15, 0.2) is 78.9 Å². The van der Waals surface area contributed by atoms with Crippen molar-refractivity contribution >= 4 is 11.7 Å². The van der Waals surface area contributed by atoms with E-state index in [1.807, 2.05) is 44.2 Å². The number of ether oxygens (including phenoxy) is 1. The van der Waals surface area contributed by atoms with Crippen molar-refractivity contribution in [1.29, 1.82) is 0 Å². The van der Waals surface area contributed by atoms with E-state index < -0.39 is 16.3 Å². The molecule has 27 heavy (non-hydrogen) atoms. The molecule has 0 atom stereocenters. The fraction of sp³-hybridized carbons (Fsp3) is 0.136. The number of hydrogen-bond acceptors (Lipinski definition) is 4. The van der Waals surface area contributed by atoms with Gasteiger partial charge < -0.3 is 4.74 Å². The predicted molar refractivity (Wildman–Crippen MR) is 103 cm³/mol. The highest BCUT2D eigenvalue weighted by Crippen LogP contribution is 2.42. The Morgan fingerprint density at radius 3 is 2.07 bits per heavy atom. The fourth-order valence-electron chi connectivity index (χ4n) is 3.00. The minimum absolute atomic E-state index is 0.0230. The van der Waals surface area contributed by atoms with Crippen LogP contribution in [0.2, 0.25) is 0 Å². The number of nitro groups is 1. The molecule has 0 aliphatic rings. The van der Waals surface area contributed by atoms with E-state index in [0.717, 1.165) is 5.56 Å². The predicted octanol–water partition coefficient (Wildman–Crippen LogP) is 5.14. The number of carbonyl (C=O) groups excluding carboxylic acids is 1. The van der Waals surface area contributed by atoms with Crippen LogP contribution >= 0.6 is 0 Å². The minimum atomic E-state index is -0.630. The molecule has 3 aromatic rings. The molecule has 0 radical (unpaired) electrons. The van der Waals surface area contributed by atoms with Crippen molar-refractivity contribution in [2.45, 2.75) is 19.3 Å². The Morgan fingerprint density at radius 1 is 0.889 bits per heavy atom. The molecule has 3 aromatic carbocycles. The summed E-state index contributed by atoms with van der Waals surface area (Å²) in [5, 5.41) is 11.6. The molecule has 0 amide bonds. The summed E-state index contributed by atoms with van der Waals surface area (Å²) in [6.07, 6.45) is 0. The topological polar surface area (TPSA) is 69.4 Å². The average Bonchev–Trinajstić information content (AvgIpc) is 2.69. The molecule has 0 spiro atoms. The van der Waals surface area contributed by atoms with Crippen LogP contribution in [0.3, 0.4) is 0 Å². The van der Waals surface area contributed by atoms with Gasteiger partial charge >= 0.3 is 11.7 Å². The zero-order valence-corrected chi connectivity index (χ0v) is 15.1. The van der Waals surface area contributed by atoms with Crippen LogP contribution < -0.4 is 4.74 Å². The largest absolute Gasteiger partial charge is 0.415 e. The molecule has 3 rings (SSSR count). The SMILES string of the molecule is CC(C)(c1ccccc1)c1cccc([N+](=O)[O-])c1OC(=O)c1ccccc1. The Hall–Kier alpha value is -3.47. The number of rotatable bonds is 5. The van der Waals surface area contributed by atoms with Crippen LogP contribution in [-0.4, -0.2) is 10.9 Å². The van der Waals surface area contributed by atoms with Crippen LogP contribution in [0.25, 0.3) is 0 Å². The molecule has 5 nitrogen and oxygen atoms in total. The first-order valence-corrected chi connectivity index (χ1v) is 8.52. The highest BCUT2D eigenvalue weighted by molar-refractivity contribution is 5.91. The maximum absolute atomic E-state index is 12.6. The first-order valence-electron chi connectivity index (χ1n) is 8.52. The third kappa shape index (κ3) is 3.72. The zero-order chi connectivity index (χ0) is 19.4. The van der Waals surface area contributed by atoms with Crippen molar-refractivity contribution in [2.75, 3.05) is 0 Å². The van der Waals surface area contributed by atoms with Crippen molar-refractivity contribution in [3.05, 3.63) is 106 Å². The van der Waals surface area contributed by atoms with Crippen LogP contribution in [0.5, 0.6) is 5.75 Å². The summed E-state index contributed by atoms with van der Waals surface area (Å²) in [5.74, 6) is -0.653. The third-order valence-corrected chi connectivity index (χ3v) is 4.56. The zero-order valence-electron chi connectivity index (χ0n) is 15.1. The summed E-state index contributed by atoms with van der Waals surface area (Å²) in [7, 11) is 0. The standard InChI is InChI=1S/C22H19NO4/c1-22(2,17-12-7-4-8-13-17)18-14-9-15-19(23(25)26)20(18)27-21(24)16-10-5-3-6-11-16/h3-15H,1-2H3. The van der Waals surface area contributed by atoms with Crippen LogP contribution in [0.1, 0.15) is 35.3 Å². The number of esters is 1. The lowest BCUT2D eigenvalue weighted by Crippen LogP contribution is -2.22. The second-order valence-electron chi connectivity index (χ2n) is 6.66. The molecule has 0 fully saturated rings. The Morgan fingerprint density at radius 2 is 1.48 bits per heavy atom. The van der Waals surface area contributed by atoms with Gasteiger partial charge in [-0.2, -0.15) is 0 Å². The van der Waals surface area contributed by atoms with Gasteiger partial charge in [0.25, 0.3) is 0 Å². The van der Waals surface area contributed by atoms with Crippen molar-refractivity contribution in [2.24, 2.45) is 0 Å². The fourth-order valence-corrected chi connectivity index (χ4v) is 3.00. The number of nitrogens with zero attached hydrogens (tertiary/aromatic N) is 1. The molecule has 5 heteroatoms. The average molecular weight is 361 g/mol. The first kappa shape index (κ1) is 18.3. The lowest BCUT2D eigenvalue weighted by molar-refractivity contribution is -0.385. The summed E-state index contributed by atoms with van der Waals surface area (Å²) in [6.45, 7) is 3.89. The van der Waals surface area contributed by atoms with Gasteiger partial charge in [-0.05, 0) is 17.7 Å². The van der Waals surface area contributed by atoms with Gasteiger partial charge in [-0.3, -0.25) is 10.1 Å². The number of carbonyl (C=O) groups is 1. The van der Waals surface area contributed by atoms with Crippen LogP contribution in [-0.2, 0) is 5.41 Å². The molecular formula is C22H19NO4. The van der Waals surface area contributed by atoms with Gasteiger partial charge in [0.05, 0.1) is 10.5 Å². The lowest BCUT2D eigenvalue weighted by atomic mass is 9.77. The molecule has 136 valence electrons. The second kappa shape index (κ2) is 7.41. The summed E-state index contributed by atoms with van der Waals surface area (Å²) < 4.78 is 5.55. The maximum Gasteiger partial charge on any atom is 0.343 e. The van der Waals surface area contributed by atoms with E-state index in [-0.39, 0.29) is 11.4 Å². The van der Waals surface area contributed by atoms with Gasteiger partial charge in [0.1, 0.15) is 0 Å². The lowest BCUT2D eigenvalue weighted by Gasteiger charge is -2.27. The molecule has 0 aromatic heterocycles. The Balaban J connectivity index is 2.11. The molecule has 0 saturated carbocycles. The quantitative estimate of drug-likeness (QED) is 0.273. The number of nitro benzene ring substituents is 1. The van der Waals surface area contributed by atoms with E-state index in [1.165, 1.54) is 6.07 Å². The van der Waals surface area contributed by atoms with Crippen LogP contribution in [0.4, 0.5) is 5.69 Å². The van der Waals surface area contributed by atoms with Gasteiger partial charge in [-0.15, -0.1) is 0 Å². The van der Waals surface area contributed by atoms with E-state index in [4.69, 9.17) is 4.74 Å².